The van der Waals surface area contributed by atoms with Crippen LogP contribution in [0, 0.1) is 6.92 Å². The van der Waals surface area contributed by atoms with Crippen LogP contribution in [0.3, 0.4) is 0 Å². The van der Waals surface area contributed by atoms with Gasteiger partial charge in [0, 0.05) is 16.8 Å². The summed E-state index contributed by atoms with van der Waals surface area (Å²) in [5, 5.41) is 4.99. The van der Waals surface area contributed by atoms with E-state index in [2.05, 4.69) is 36.3 Å². The predicted octanol–water partition coefficient (Wildman–Crippen LogP) is 4.08. The molecule has 0 unspecified atom stereocenters. The van der Waals surface area contributed by atoms with Gasteiger partial charge in [-0.3, -0.25) is 0 Å². The SMILES string of the molecule is Cc1ccc(-c2cnn(-c3ccc(Cl)cc3N)c2)cc1. The van der Waals surface area contributed by atoms with Crippen molar-refractivity contribution in [2.24, 2.45) is 0 Å². The van der Waals surface area contributed by atoms with Crippen LogP contribution in [0.25, 0.3) is 16.8 Å². The van der Waals surface area contributed by atoms with E-state index in [1.807, 2.05) is 18.5 Å². The van der Waals surface area contributed by atoms with Gasteiger partial charge in [0.05, 0.1) is 17.6 Å². The lowest BCUT2D eigenvalue weighted by atomic mass is 10.1. The first-order chi connectivity index (χ1) is 9.63. The zero-order valence-electron chi connectivity index (χ0n) is 11.0. The van der Waals surface area contributed by atoms with Crippen molar-refractivity contribution >= 4 is 17.3 Å². The maximum absolute atomic E-state index is 5.98. The number of halogens is 1. The van der Waals surface area contributed by atoms with Gasteiger partial charge in [-0.15, -0.1) is 0 Å². The molecule has 0 atom stereocenters. The third-order valence-electron chi connectivity index (χ3n) is 3.20. The van der Waals surface area contributed by atoms with Gasteiger partial charge in [-0.2, -0.15) is 5.10 Å². The summed E-state index contributed by atoms with van der Waals surface area (Å²) in [6.07, 6.45) is 3.79. The fourth-order valence-corrected chi connectivity index (χ4v) is 2.26. The van der Waals surface area contributed by atoms with Crippen LogP contribution in [0.15, 0.2) is 54.9 Å². The zero-order chi connectivity index (χ0) is 14.1. The van der Waals surface area contributed by atoms with Gasteiger partial charge in [0.25, 0.3) is 0 Å². The summed E-state index contributed by atoms with van der Waals surface area (Å²) in [6, 6.07) is 13.7. The third-order valence-corrected chi connectivity index (χ3v) is 3.44. The number of nitrogen functional groups attached to an aromatic ring is 1. The topological polar surface area (TPSA) is 43.8 Å². The summed E-state index contributed by atoms with van der Waals surface area (Å²) in [6.45, 7) is 2.07. The lowest BCUT2D eigenvalue weighted by Gasteiger charge is -2.05. The second kappa shape index (κ2) is 5.02. The molecule has 100 valence electrons. The molecular weight excluding hydrogens is 270 g/mol. The molecular formula is C16H14ClN3. The number of benzene rings is 2. The minimum atomic E-state index is 0.607. The Bertz CT molecular complexity index is 745. The van der Waals surface area contributed by atoms with E-state index in [-0.39, 0.29) is 0 Å². The molecule has 0 radical (unpaired) electrons. The Morgan fingerprint density at radius 1 is 1.05 bits per heavy atom. The third kappa shape index (κ3) is 2.40. The van der Waals surface area contributed by atoms with Crippen molar-refractivity contribution in [2.75, 3.05) is 5.73 Å². The molecule has 0 amide bonds. The molecule has 3 aromatic rings. The van der Waals surface area contributed by atoms with Gasteiger partial charge in [0.2, 0.25) is 0 Å². The molecule has 2 N–H and O–H groups in total. The Morgan fingerprint density at radius 3 is 2.50 bits per heavy atom. The molecule has 1 heterocycles. The molecule has 0 saturated heterocycles. The average molecular weight is 284 g/mol. The molecule has 0 fully saturated rings. The van der Waals surface area contributed by atoms with Crippen molar-refractivity contribution < 1.29 is 0 Å². The Morgan fingerprint density at radius 2 is 1.80 bits per heavy atom. The van der Waals surface area contributed by atoms with E-state index in [0.717, 1.165) is 16.8 Å². The normalized spacial score (nSPS) is 10.7. The van der Waals surface area contributed by atoms with Crippen LogP contribution in [-0.2, 0) is 0 Å². The molecule has 20 heavy (non-hydrogen) atoms. The maximum atomic E-state index is 5.98. The highest BCUT2D eigenvalue weighted by Gasteiger charge is 2.06. The highest BCUT2D eigenvalue weighted by molar-refractivity contribution is 6.30. The van der Waals surface area contributed by atoms with Gasteiger partial charge in [-0.25, -0.2) is 4.68 Å². The molecule has 2 aromatic carbocycles. The Balaban J connectivity index is 1.99. The van der Waals surface area contributed by atoms with E-state index in [1.165, 1.54) is 5.56 Å². The van der Waals surface area contributed by atoms with Crippen LogP contribution >= 0.6 is 11.6 Å². The Kier molecular flexibility index (Phi) is 3.20. The standard InChI is InChI=1S/C16H14ClN3/c1-11-2-4-12(5-3-11)13-9-19-20(10-13)16-7-6-14(17)8-15(16)18/h2-10H,18H2,1H3. The van der Waals surface area contributed by atoms with Crippen molar-refractivity contribution in [3.63, 3.8) is 0 Å². The molecule has 0 spiro atoms. The molecule has 0 aliphatic rings. The van der Waals surface area contributed by atoms with Crippen molar-refractivity contribution in [1.82, 2.24) is 9.78 Å². The van der Waals surface area contributed by atoms with Gasteiger partial charge in [-0.1, -0.05) is 41.4 Å². The number of aryl methyl sites for hydroxylation is 1. The molecule has 0 aliphatic heterocycles. The molecule has 0 aliphatic carbocycles. The number of anilines is 1. The van der Waals surface area contributed by atoms with Gasteiger partial charge in [0.1, 0.15) is 0 Å². The Hall–Kier alpha value is -2.26. The minimum Gasteiger partial charge on any atom is -0.397 e. The fourth-order valence-electron chi connectivity index (χ4n) is 2.08. The largest absolute Gasteiger partial charge is 0.397 e. The number of aromatic nitrogens is 2. The van der Waals surface area contributed by atoms with Crippen LogP contribution in [0.4, 0.5) is 5.69 Å². The molecule has 0 bridgehead atoms. The summed E-state index contributed by atoms with van der Waals surface area (Å²) in [4.78, 5) is 0. The van der Waals surface area contributed by atoms with Crippen LogP contribution in [0.2, 0.25) is 5.02 Å². The van der Waals surface area contributed by atoms with E-state index in [0.29, 0.717) is 10.7 Å². The average Bonchev–Trinajstić information content (AvgIpc) is 2.89. The summed E-state index contributed by atoms with van der Waals surface area (Å²) >= 11 is 5.91. The number of nitrogens with zero attached hydrogens (tertiary/aromatic N) is 2. The van der Waals surface area contributed by atoms with Crippen molar-refractivity contribution in [1.29, 1.82) is 0 Å². The predicted molar refractivity (Wildman–Crippen MR) is 83.2 cm³/mol. The molecule has 3 rings (SSSR count). The lowest BCUT2D eigenvalue weighted by Crippen LogP contribution is -1.99. The van der Waals surface area contributed by atoms with E-state index in [1.54, 1.807) is 16.8 Å². The molecule has 0 saturated carbocycles. The molecule has 1 aromatic heterocycles. The van der Waals surface area contributed by atoms with Crippen LogP contribution in [-0.4, -0.2) is 9.78 Å². The van der Waals surface area contributed by atoms with E-state index in [9.17, 15) is 0 Å². The second-order valence-electron chi connectivity index (χ2n) is 4.74. The zero-order valence-corrected chi connectivity index (χ0v) is 11.8. The smallest absolute Gasteiger partial charge is 0.0876 e. The first-order valence-electron chi connectivity index (χ1n) is 6.30. The van der Waals surface area contributed by atoms with Crippen molar-refractivity contribution in [2.45, 2.75) is 6.92 Å². The lowest BCUT2D eigenvalue weighted by molar-refractivity contribution is 0.883. The monoisotopic (exact) mass is 283 g/mol. The van der Waals surface area contributed by atoms with E-state index < -0.39 is 0 Å². The highest BCUT2D eigenvalue weighted by atomic mass is 35.5. The van der Waals surface area contributed by atoms with Gasteiger partial charge < -0.3 is 5.73 Å². The first-order valence-corrected chi connectivity index (χ1v) is 6.68. The van der Waals surface area contributed by atoms with Crippen LogP contribution in [0.5, 0.6) is 0 Å². The number of rotatable bonds is 2. The summed E-state index contributed by atoms with van der Waals surface area (Å²) < 4.78 is 1.76. The van der Waals surface area contributed by atoms with Crippen molar-refractivity contribution in [3.8, 4) is 16.8 Å². The van der Waals surface area contributed by atoms with Crippen molar-refractivity contribution in [3.05, 3.63) is 65.4 Å². The quantitative estimate of drug-likeness (QED) is 0.720. The number of nitrogens with two attached hydrogens (primary N) is 1. The molecule has 3 nitrogen and oxygen atoms in total. The Labute approximate surface area is 122 Å². The first kappa shape index (κ1) is 12.8. The maximum Gasteiger partial charge on any atom is 0.0876 e. The minimum absolute atomic E-state index is 0.607. The summed E-state index contributed by atoms with van der Waals surface area (Å²) in [7, 11) is 0. The summed E-state index contributed by atoms with van der Waals surface area (Å²) in [5.41, 5.74) is 10.8. The van der Waals surface area contributed by atoms with Crippen LogP contribution < -0.4 is 5.73 Å². The number of hydrogen-bond acceptors (Lipinski definition) is 2. The van der Waals surface area contributed by atoms with E-state index >= 15 is 0 Å². The second-order valence-corrected chi connectivity index (χ2v) is 5.18. The van der Waals surface area contributed by atoms with Gasteiger partial charge in [0.15, 0.2) is 0 Å². The number of hydrogen-bond donors (Lipinski definition) is 1. The fraction of sp³-hybridized carbons (Fsp3) is 0.0625. The summed E-state index contributed by atoms with van der Waals surface area (Å²) in [5.74, 6) is 0. The molecule has 4 heteroatoms. The van der Waals surface area contributed by atoms with Gasteiger partial charge >= 0.3 is 0 Å². The highest BCUT2D eigenvalue weighted by Crippen LogP contribution is 2.24. The van der Waals surface area contributed by atoms with Gasteiger partial charge in [-0.05, 0) is 30.7 Å². The van der Waals surface area contributed by atoms with E-state index in [4.69, 9.17) is 17.3 Å². The van der Waals surface area contributed by atoms with Crippen LogP contribution in [0.1, 0.15) is 5.56 Å².